The van der Waals surface area contributed by atoms with E-state index in [-0.39, 0.29) is 12.2 Å². The molecule has 21 heavy (non-hydrogen) atoms. The molecule has 2 aromatic rings. The van der Waals surface area contributed by atoms with E-state index in [1.165, 1.54) is 0 Å². The molecule has 3 rings (SSSR count). The molecule has 0 saturated carbocycles. The molecule has 112 valence electrons. The maximum absolute atomic E-state index is 5.74. The zero-order valence-corrected chi connectivity index (χ0v) is 13.0. The van der Waals surface area contributed by atoms with Crippen LogP contribution in [0.3, 0.4) is 0 Å². The number of hydrogen-bond donors (Lipinski definition) is 0. The molecule has 5 nitrogen and oxygen atoms in total. The smallest absolute Gasteiger partial charge is 0.288 e. The van der Waals surface area contributed by atoms with E-state index in [0.29, 0.717) is 17.4 Å². The van der Waals surface area contributed by atoms with E-state index in [1.807, 2.05) is 30.3 Å². The van der Waals surface area contributed by atoms with Gasteiger partial charge in [-0.2, -0.15) is 0 Å². The molecule has 1 aromatic heterocycles. The summed E-state index contributed by atoms with van der Waals surface area (Å²) in [5, 5.41) is 4.49. The molecule has 2 atom stereocenters. The molecule has 1 saturated heterocycles. The Morgan fingerprint density at radius 2 is 1.86 bits per heavy atom. The van der Waals surface area contributed by atoms with Crippen LogP contribution >= 0.6 is 12.2 Å². The molecule has 0 unspecified atom stereocenters. The number of nitrogens with zero attached hydrogens (tertiary/aromatic N) is 3. The summed E-state index contributed by atoms with van der Waals surface area (Å²) in [5.74, 6) is 0.565. The number of ether oxygens (including phenoxy) is 1. The second-order valence-electron chi connectivity index (χ2n) is 5.47. The van der Waals surface area contributed by atoms with Gasteiger partial charge < -0.3 is 9.15 Å². The van der Waals surface area contributed by atoms with Gasteiger partial charge in [-0.25, -0.2) is 4.68 Å². The molecule has 0 N–H and O–H groups in total. The van der Waals surface area contributed by atoms with Gasteiger partial charge in [-0.05, 0) is 38.2 Å². The molecule has 0 spiro atoms. The summed E-state index contributed by atoms with van der Waals surface area (Å²) >= 11 is 5.28. The van der Waals surface area contributed by atoms with Crippen molar-refractivity contribution in [3.05, 3.63) is 35.2 Å². The summed E-state index contributed by atoms with van der Waals surface area (Å²) in [7, 11) is 0. The van der Waals surface area contributed by atoms with Gasteiger partial charge >= 0.3 is 0 Å². The molecule has 1 fully saturated rings. The van der Waals surface area contributed by atoms with Crippen molar-refractivity contribution in [3.63, 3.8) is 0 Å². The van der Waals surface area contributed by atoms with Gasteiger partial charge in [0.05, 0.1) is 18.9 Å². The number of morpholine rings is 1. The Morgan fingerprint density at radius 3 is 2.52 bits per heavy atom. The monoisotopic (exact) mass is 305 g/mol. The number of benzene rings is 1. The minimum absolute atomic E-state index is 0.225. The van der Waals surface area contributed by atoms with Crippen LogP contribution in [0.1, 0.15) is 13.8 Å². The molecular formula is C15H19N3O2S. The topological polar surface area (TPSA) is 43.4 Å². The van der Waals surface area contributed by atoms with Crippen LogP contribution in [0.25, 0.3) is 11.5 Å². The standard InChI is InChI=1S/C15H19N3O2S/c1-11-8-17(9-12(2)19-11)10-18-15(21)20-14(16-18)13-6-4-3-5-7-13/h3-7,11-12H,8-10H2,1-2H3/t11-,12-/m1/s1. The zero-order chi connectivity index (χ0) is 14.8. The Labute approximate surface area is 129 Å². The molecule has 2 heterocycles. The van der Waals surface area contributed by atoms with Crippen LogP contribution in [-0.2, 0) is 11.4 Å². The molecular weight excluding hydrogens is 286 g/mol. The zero-order valence-electron chi connectivity index (χ0n) is 12.2. The van der Waals surface area contributed by atoms with Gasteiger partial charge in [0.15, 0.2) is 0 Å². The summed E-state index contributed by atoms with van der Waals surface area (Å²) < 4.78 is 13.1. The Hall–Kier alpha value is -1.50. The Morgan fingerprint density at radius 1 is 1.19 bits per heavy atom. The van der Waals surface area contributed by atoms with Gasteiger partial charge in [-0.3, -0.25) is 4.90 Å². The number of hydrogen-bond acceptors (Lipinski definition) is 5. The van der Waals surface area contributed by atoms with Crippen molar-refractivity contribution < 1.29 is 9.15 Å². The Balaban J connectivity index is 1.78. The third-order valence-electron chi connectivity index (χ3n) is 3.46. The first-order valence-corrected chi connectivity index (χ1v) is 7.54. The largest absolute Gasteiger partial charge is 0.409 e. The summed E-state index contributed by atoms with van der Waals surface area (Å²) in [6, 6.07) is 9.80. The fourth-order valence-corrected chi connectivity index (χ4v) is 2.86. The van der Waals surface area contributed by atoms with Crippen LogP contribution in [0.15, 0.2) is 34.7 Å². The predicted molar refractivity (Wildman–Crippen MR) is 82.3 cm³/mol. The van der Waals surface area contributed by atoms with Crippen molar-refractivity contribution in [1.82, 2.24) is 14.7 Å². The maximum Gasteiger partial charge on any atom is 0.288 e. The normalized spacial score (nSPS) is 23.3. The molecule has 1 aromatic carbocycles. The molecule has 1 aliphatic heterocycles. The van der Waals surface area contributed by atoms with Gasteiger partial charge in [0.2, 0.25) is 5.89 Å². The van der Waals surface area contributed by atoms with E-state index in [0.717, 1.165) is 18.7 Å². The van der Waals surface area contributed by atoms with E-state index in [1.54, 1.807) is 4.68 Å². The third-order valence-corrected chi connectivity index (χ3v) is 3.75. The van der Waals surface area contributed by atoms with Crippen molar-refractivity contribution in [2.75, 3.05) is 13.1 Å². The molecule has 0 radical (unpaired) electrons. The highest BCUT2D eigenvalue weighted by molar-refractivity contribution is 7.71. The average Bonchev–Trinajstić information content (AvgIpc) is 2.80. The predicted octanol–water partition coefficient (Wildman–Crippen LogP) is 2.94. The average molecular weight is 305 g/mol. The van der Waals surface area contributed by atoms with Crippen LogP contribution in [-0.4, -0.2) is 40.0 Å². The van der Waals surface area contributed by atoms with Crippen molar-refractivity contribution in [3.8, 4) is 11.5 Å². The second kappa shape index (κ2) is 6.09. The van der Waals surface area contributed by atoms with Gasteiger partial charge in [-0.1, -0.05) is 18.2 Å². The minimum atomic E-state index is 0.225. The quantitative estimate of drug-likeness (QED) is 0.816. The highest BCUT2D eigenvalue weighted by Gasteiger charge is 2.23. The SMILES string of the molecule is C[C@@H]1CN(Cn2nc(-c3ccccc3)oc2=S)C[C@@H](C)O1. The van der Waals surface area contributed by atoms with Gasteiger partial charge in [0.1, 0.15) is 0 Å². The first-order valence-electron chi connectivity index (χ1n) is 7.13. The van der Waals surface area contributed by atoms with Crippen molar-refractivity contribution in [2.24, 2.45) is 0 Å². The van der Waals surface area contributed by atoms with Crippen molar-refractivity contribution in [1.29, 1.82) is 0 Å². The van der Waals surface area contributed by atoms with E-state index >= 15 is 0 Å². The summed E-state index contributed by atoms with van der Waals surface area (Å²) in [5.41, 5.74) is 0.936. The van der Waals surface area contributed by atoms with E-state index in [2.05, 4.69) is 23.8 Å². The lowest BCUT2D eigenvalue weighted by atomic mass is 10.2. The van der Waals surface area contributed by atoms with E-state index < -0.39 is 0 Å². The summed E-state index contributed by atoms with van der Waals surface area (Å²) in [6.07, 6.45) is 0.451. The van der Waals surface area contributed by atoms with Crippen LogP contribution in [0.4, 0.5) is 0 Å². The van der Waals surface area contributed by atoms with Gasteiger partial charge in [0, 0.05) is 18.7 Å². The molecule has 0 amide bonds. The van der Waals surface area contributed by atoms with Gasteiger partial charge in [0.25, 0.3) is 4.84 Å². The molecule has 0 bridgehead atoms. The van der Waals surface area contributed by atoms with Crippen LogP contribution < -0.4 is 0 Å². The fraction of sp³-hybridized carbons (Fsp3) is 0.467. The lowest BCUT2D eigenvalue weighted by molar-refractivity contribution is -0.0778. The number of rotatable bonds is 3. The molecule has 6 heteroatoms. The van der Waals surface area contributed by atoms with Crippen LogP contribution in [0.2, 0.25) is 0 Å². The summed E-state index contributed by atoms with van der Waals surface area (Å²) in [6.45, 7) is 6.55. The Kier molecular flexibility index (Phi) is 4.19. The van der Waals surface area contributed by atoms with Crippen LogP contribution in [0, 0.1) is 4.84 Å². The minimum Gasteiger partial charge on any atom is -0.409 e. The highest BCUT2D eigenvalue weighted by Crippen LogP contribution is 2.18. The van der Waals surface area contributed by atoms with Gasteiger partial charge in [-0.15, -0.1) is 5.10 Å². The maximum atomic E-state index is 5.74. The van der Waals surface area contributed by atoms with Crippen molar-refractivity contribution in [2.45, 2.75) is 32.7 Å². The van der Waals surface area contributed by atoms with E-state index in [4.69, 9.17) is 21.4 Å². The highest BCUT2D eigenvalue weighted by atomic mass is 32.1. The lowest BCUT2D eigenvalue weighted by Gasteiger charge is -2.34. The molecule has 1 aliphatic rings. The fourth-order valence-electron chi connectivity index (χ4n) is 2.68. The third kappa shape index (κ3) is 3.40. The van der Waals surface area contributed by atoms with E-state index in [9.17, 15) is 0 Å². The first-order chi connectivity index (χ1) is 10.1. The van der Waals surface area contributed by atoms with Crippen molar-refractivity contribution >= 4 is 12.2 Å². The second-order valence-corrected chi connectivity index (χ2v) is 5.82. The Bertz CT molecular complexity index is 642. The lowest BCUT2D eigenvalue weighted by Crippen LogP contribution is -2.46. The van der Waals surface area contributed by atoms with Crippen LogP contribution in [0.5, 0.6) is 0 Å². The summed E-state index contributed by atoms with van der Waals surface area (Å²) in [4.78, 5) is 2.69. The first kappa shape index (κ1) is 14.4. The number of aromatic nitrogens is 2. The molecule has 0 aliphatic carbocycles.